The summed E-state index contributed by atoms with van der Waals surface area (Å²) in [6.45, 7) is 5.62. The molecular formula is C18H27NO3. The fourth-order valence-electron chi connectivity index (χ4n) is 3.79. The van der Waals surface area contributed by atoms with Gasteiger partial charge < -0.3 is 14.6 Å². The lowest BCUT2D eigenvalue weighted by Crippen LogP contribution is -2.53. The van der Waals surface area contributed by atoms with Crippen molar-refractivity contribution in [2.45, 2.75) is 50.4 Å². The average molecular weight is 305 g/mol. The summed E-state index contributed by atoms with van der Waals surface area (Å²) in [4.78, 5) is 2.46. The first-order valence-corrected chi connectivity index (χ1v) is 8.22. The van der Waals surface area contributed by atoms with Crippen LogP contribution in [-0.2, 0) is 11.3 Å². The van der Waals surface area contributed by atoms with E-state index in [1.807, 2.05) is 19.1 Å². The Bertz CT molecular complexity index is 507. The topological polar surface area (TPSA) is 41.9 Å². The summed E-state index contributed by atoms with van der Waals surface area (Å²) >= 11 is 0. The molecule has 2 heterocycles. The minimum atomic E-state index is -0.562. The Labute approximate surface area is 133 Å². The Balaban J connectivity index is 1.57. The number of aliphatic hydroxyl groups is 1. The third-order valence-electron chi connectivity index (χ3n) is 5.06. The van der Waals surface area contributed by atoms with Gasteiger partial charge in [-0.3, -0.25) is 4.90 Å². The van der Waals surface area contributed by atoms with Crippen molar-refractivity contribution >= 4 is 0 Å². The summed E-state index contributed by atoms with van der Waals surface area (Å²) in [6.07, 6.45) is 3.54. The van der Waals surface area contributed by atoms with Crippen LogP contribution in [-0.4, -0.2) is 48.0 Å². The first-order chi connectivity index (χ1) is 10.5. The Morgan fingerprint density at radius 3 is 2.73 bits per heavy atom. The van der Waals surface area contributed by atoms with Crippen molar-refractivity contribution in [3.05, 3.63) is 29.8 Å². The van der Waals surface area contributed by atoms with Crippen LogP contribution in [0, 0.1) is 0 Å². The summed E-state index contributed by atoms with van der Waals surface area (Å²) in [7, 11) is 1.70. The van der Waals surface area contributed by atoms with Crippen LogP contribution in [0.4, 0.5) is 0 Å². The summed E-state index contributed by atoms with van der Waals surface area (Å²) in [5.74, 6) is 0.914. The van der Waals surface area contributed by atoms with Gasteiger partial charge in [-0.1, -0.05) is 12.1 Å². The Morgan fingerprint density at radius 1 is 1.27 bits per heavy atom. The van der Waals surface area contributed by atoms with Gasteiger partial charge in [-0.15, -0.1) is 0 Å². The molecule has 1 unspecified atom stereocenters. The second kappa shape index (κ2) is 6.19. The van der Waals surface area contributed by atoms with Crippen LogP contribution in [0.3, 0.4) is 0 Å². The van der Waals surface area contributed by atoms with Gasteiger partial charge in [0.25, 0.3) is 0 Å². The zero-order valence-electron chi connectivity index (χ0n) is 13.7. The summed E-state index contributed by atoms with van der Waals surface area (Å²) in [6, 6.07) is 8.27. The van der Waals surface area contributed by atoms with E-state index in [9.17, 15) is 5.11 Å². The van der Waals surface area contributed by atoms with Crippen LogP contribution in [0.5, 0.6) is 5.75 Å². The summed E-state index contributed by atoms with van der Waals surface area (Å²) in [5, 5.41) is 10.3. The molecule has 0 bridgehead atoms. The van der Waals surface area contributed by atoms with Crippen LogP contribution in [0.25, 0.3) is 0 Å². The van der Waals surface area contributed by atoms with E-state index in [0.717, 1.165) is 51.1 Å². The first-order valence-electron chi connectivity index (χ1n) is 8.22. The molecule has 4 nitrogen and oxygen atoms in total. The number of nitrogens with zero attached hydrogens (tertiary/aromatic N) is 1. The minimum absolute atomic E-state index is 0.105. The molecule has 0 amide bonds. The van der Waals surface area contributed by atoms with E-state index in [0.29, 0.717) is 6.61 Å². The highest BCUT2D eigenvalue weighted by Gasteiger charge is 2.44. The van der Waals surface area contributed by atoms with E-state index < -0.39 is 5.60 Å². The van der Waals surface area contributed by atoms with Gasteiger partial charge in [0.05, 0.1) is 24.9 Å². The molecule has 2 fully saturated rings. The lowest BCUT2D eigenvalue weighted by molar-refractivity contribution is -0.173. The average Bonchev–Trinajstić information content (AvgIpc) is 2.49. The van der Waals surface area contributed by atoms with Crippen LogP contribution >= 0.6 is 0 Å². The predicted molar refractivity (Wildman–Crippen MR) is 86.0 cm³/mol. The van der Waals surface area contributed by atoms with Crippen LogP contribution < -0.4 is 4.74 Å². The molecule has 22 heavy (non-hydrogen) atoms. The van der Waals surface area contributed by atoms with Gasteiger partial charge in [-0.2, -0.15) is 0 Å². The van der Waals surface area contributed by atoms with Crippen molar-refractivity contribution < 1.29 is 14.6 Å². The quantitative estimate of drug-likeness (QED) is 0.932. The van der Waals surface area contributed by atoms with Crippen molar-refractivity contribution in [3.8, 4) is 5.75 Å². The molecule has 1 N–H and O–H groups in total. The number of piperidine rings is 1. The summed E-state index contributed by atoms with van der Waals surface area (Å²) < 4.78 is 11.4. The molecule has 2 aliphatic heterocycles. The highest BCUT2D eigenvalue weighted by atomic mass is 16.5. The number of methoxy groups -OCH3 is 1. The second-order valence-corrected chi connectivity index (χ2v) is 7.08. The summed E-state index contributed by atoms with van der Waals surface area (Å²) in [5.41, 5.74) is 0.617. The number of likely N-dealkylation sites (tertiary alicyclic amines) is 1. The van der Waals surface area contributed by atoms with E-state index in [1.54, 1.807) is 7.11 Å². The molecule has 1 atom stereocenters. The normalized spacial score (nSPS) is 28.7. The van der Waals surface area contributed by atoms with E-state index in [1.165, 1.54) is 5.56 Å². The lowest BCUT2D eigenvalue weighted by Gasteiger charge is -2.48. The maximum atomic E-state index is 10.3. The fraction of sp³-hybridized carbons (Fsp3) is 0.667. The van der Waals surface area contributed by atoms with Gasteiger partial charge in [0, 0.05) is 26.1 Å². The monoisotopic (exact) mass is 305 g/mol. The maximum Gasteiger partial charge on any atom is 0.119 e. The smallest absolute Gasteiger partial charge is 0.119 e. The number of rotatable bonds is 3. The molecule has 0 saturated carbocycles. The van der Waals surface area contributed by atoms with Crippen molar-refractivity contribution in [2.75, 3.05) is 26.8 Å². The Hall–Kier alpha value is -1.10. The minimum Gasteiger partial charge on any atom is -0.497 e. The number of hydrogen-bond donors (Lipinski definition) is 1. The van der Waals surface area contributed by atoms with E-state index in [-0.39, 0.29) is 5.60 Å². The third-order valence-corrected chi connectivity index (χ3v) is 5.06. The molecule has 0 radical (unpaired) electrons. The van der Waals surface area contributed by atoms with Crippen molar-refractivity contribution in [3.63, 3.8) is 0 Å². The van der Waals surface area contributed by atoms with Crippen LogP contribution in [0.15, 0.2) is 24.3 Å². The number of hydrogen-bond acceptors (Lipinski definition) is 4. The molecule has 2 saturated heterocycles. The molecule has 2 aliphatic rings. The molecule has 0 aromatic heterocycles. The molecule has 1 aromatic rings. The fourth-order valence-corrected chi connectivity index (χ4v) is 3.79. The van der Waals surface area contributed by atoms with Crippen molar-refractivity contribution in [1.29, 1.82) is 0 Å². The number of ether oxygens (including phenoxy) is 2. The van der Waals surface area contributed by atoms with Gasteiger partial charge in [-0.05, 0) is 43.9 Å². The molecule has 1 aromatic carbocycles. The number of benzene rings is 1. The Morgan fingerprint density at radius 2 is 2.05 bits per heavy atom. The molecule has 1 spiro atoms. The highest BCUT2D eigenvalue weighted by molar-refractivity contribution is 5.28. The van der Waals surface area contributed by atoms with E-state index in [2.05, 4.69) is 17.0 Å². The van der Waals surface area contributed by atoms with Crippen LogP contribution in [0.1, 0.15) is 38.2 Å². The van der Waals surface area contributed by atoms with Crippen molar-refractivity contribution in [2.24, 2.45) is 0 Å². The molecule has 0 aliphatic carbocycles. The van der Waals surface area contributed by atoms with Gasteiger partial charge in [-0.25, -0.2) is 0 Å². The van der Waals surface area contributed by atoms with E-state index >= 15 is 0 Å². The zero-order valence-corrected chi connectivity index (χ0v) is 13.7. The lowest BCUT2D eigenvalue weighted by atomic mass is 9.78. The van der Waals surface area contributed by atoms with E-state index in [4.69, 9.17) is 9.47 Å². The molecular weight excluding hydrogens is 278 g/mol. The molecule has 3 rings (SSSR count). The van der Waals surface area contributed by atoms with Crippen molar-refractivity contribution in [1.82, 2.24) is 4.90 Å². The van der Waals surface area contributed by atoms with Crippen LogP contribution in [0.2, 0.25) is 0 Å². The first kappa shape index (κ1) is 15.8. The van der Waals surface area contributed by atoms with Gasteiger partial charge in [0.15, 0.2) is 0 Å². The Kier molecular flexibility index (Phi) is 4.44. The van der Waals surface area contributed by atoms with Gasteiger partial charge >= 0.3 is 0 Å². The standard InChI is InChI=1S/C18H27NO3/c1-17(20)8-11-22-18(14-17)6-9-19(10-7-18)13-15-4-3-5-16(12-15)21-2/h3-5,12,20H,6-11,13-14H2,1-2H3. The third kappa shape index (κ3) is 3.62. The zero-order chi connectivity index (χ0) is 15.6. The maximum absolute atomic E-state index is 10.3. The van der Waals surface area contributed by atoms with Gasteiger partial charge in [0.2, 0.25) is 0 Å². The SMILES string of the molecule is COc1cccc(CN2CCC3(CC2)CC(C)(O)CCO3)c1. The largest absolute Gasteiger partial charge is 0.497 e. The molecule has 122 valence electrons. The van der Waals surface area contributed by atoms with Gasteiger partial charge in [0.1, 0.15) is 5.75 Å². The second-order valence-electron chi connectivity index (χ2n) is 7.08. The molecule has 4 heteroatoms. The highest BCUT2D eigenvalue weighted by Crippen LogP contribution is 2.39. The predicted octanol–water partition coefficient (Wildman–Crippen LogP) is 2.59.